The van der Waals surface area contributed by atoms with Crippen molar-refractivity contribution in [2.45, 2.75) is 150 Å². The standard InChI is InChI=1S/C37H53N5O9S.C6H11ClO/c1-10-23-19-37(23,33(46)41-52(47,48)51-36(8)14-15-36)40-30(44)27-18-25(50-31-26-12-11-24(49-9)17-22(26)13-16-38-31)21-42(27)32(45)29(35(5,6)7)39-28(43)20-34(2,3)4;1-6(2,3)4-5(7)8/h11-13,16-17,23,25,27,29H,10,14-15,18-21H2,1-9H3,(H,39,43)(H,40,44)(H,41,46);4H2,1-3H3/t23-,25?,27+,29-,37-;/m1./s1. The van der Waals surface area contributed by atoms with Gasteiger partial charge in [0.15, 0.2) is 0 Å². The monoisotopic (exact) mass is 877 g/mol. The molecule has 1 aliphatic heterocycles. The second-order valence-electron chi connectivity index (χ2n) is 20.1. The molecule has 2 aromatic rings. The molecule has 1 saturated heterocycles. The fourth-order valence-electron chi connectivity index (χ4n) is 7.17. The summed E-state index contributed by atoms with van der Waals surface area (Å²) in [6.45, 7) is 20.7. The average molecular weight is 879 g/mol. The van der Waals surface area contributed by atoms with E-state index in [-0.39, 0.29) is 53.7 Å². The lowest BCUT2D eigenvalue weighted by molar-refractivity contribution is -0.144. The number of rotatable bonds is 14. The van der Waals surface area contributed by atoms with Gasteiger partial charge in [0.25, 0.3) is 5.91 Å². The zero-order valence-corrected chi connectivity index (χ0v) is 38.7. The summed E-state index contributed by atoms with van der Waals surface area (Å²) >= 11 is 5.12. The summed E-state index contributed by atoms with van der Waals surface area (Å²) in [5.74, 6) is -1.68. The molecule has 1 unspecified atom stereocenters. The van der Waals surface area contributed by atoms with Crippen molar-refractivity contribution in [3.63, 3.8) is 0 Å². The molecule has 0 spiro atoms. The van der Waals surface area contributed by atoms with Gasteiger partial charge >= 0.3 is 10.3 Å². The van der Waals surface area contributed by atoms with E-state index in [0.717, 1.165) is 5.39 Å². The summed E-state index contributed by atoms with van der Waals surface area (Å²) in [6, 6.07) is 5.16. The minimum Gasteiger partial charge on any atom is -0.497 e. The highest BCUT2D eigenvalue weighted by Crippen LogP contribution is 2.47. The summed E-state index contributed by atoms with van der Waals surface area (Å²) in [5, 5.41) is 7.03. The Kier molecular flexibility index (Phi) is 14.7. The first-order valence-corrected chi connectivity index (χ1v) is 22.3. The maximum absolute atomic E-state index is 14.5. The second-order valence-corrected chi connectivity index (χ2v) is 21.8. The van der Waals surface area contributed by atoms with Crippen LogP contribution in [0.15, 0.2) is 30.5 Å². The zero-order chi connectivity index (χ0) is 45.2. The number of halogens is 1. The van der Waals surface area contributed by atoms with E-state index >= 15 is 0 Å². The van der Waals surface area contributed by atoms with Crippen LogP contribution in [0.1, 0.15) is 121 Å². The predicted molar refractivity (Wildman–Crippen MR) is 228 cm³/mol. The molecule has 0 radical (unpaired) electrons. The molecule has 1 aromatic heterocycles. The number of nitrogens with zero attached hydrogens (tertiary/aromatic N) is 2. The number of fused-ring (bicyclic) bond motifs is 1. The van der Waals surface area contributed by atoms with Gasteiger partial charge in [0.05, 0.1) is 19.3 Å². The molecule has 334 valence electrons. The molecule has 2 saturated carbocycles. The van der Waals surface area contributed by atoms with Gasteiger partial charge in [0, 0.05) is 30.8 Å². The van der Waals surface area contributed by atoms with Crippen molar-refractivity contribution in [1.82, 2.24) is 25.2 Å². The summed E-state index contributed by atoms with van der Waals surface area (Å²) in [5.41, 5.74) is -3.39. The Balaban J connectivity index is 0.000000899. The van der Waals surface area contributed by atoms with Crippen LogP contribution in [0, 0.1) is 22.2 Å². The molecular formula is C43H64ClN5O10S. The maximum atomic E-state index is 14.5. The molecule has 17 heteroatoms. The predicted octanol–water partition coefficient (Wildman–Crippen LogP) is 5.96. The number of likely N-dealkylation sites (tertiary alicyclic amines) is 1. The fourth-order valence-corrected chi connectivity index (χ4v) is 8.72. The largest absolute Gasteiger partial charge is 0.497 e. The number of ether oxygens (including phenoxy) is 2. The number of pyridine rings is 1. The molecular weight excluding hydrogens is 814 g/mol. The first-order chi connectivity index (χ1) is 27.5. The minimum absolute atomic E-state index is 0.00985. The van der Waals surface area contributed by atoms with E-state index in [1.165, 1.54) is 4.90 Å². The normalized spacial score (nSPS) is 22.8. The Hall–Kier alpha value is -4.02. The van der Waals surface area contributed by atoms with Gasteiger partial charge in [0.1, 0.15) is 29.5 Å². The summed E-state index contributed by atoms with van der Waals surface area (Å²) < 4.78 is 44.5. The number of carbonyl (C=O) groups is 5. The topological polar surface area (TPSA) is 199 Å². The van der Waals surface area contributed by atoms with Crippen LogP contribution < -0.4 is 24.8 Å². The lowest BCUT2D eigenvalue weighted by Gasteiger charge is -2.36. The van der Waals surface area contributed by atoms with Crippen molar-refractivity contribution < 1.29 is 46.0 Å². The Labute approximate surface area is 360 Å². The first kappa shape index (κ1) is 48.6. The van der Waals surface area contributed by atoms with Crippen LogP contribution in [0.3, 0.4) is 0 Å². The SMILES string of the molecule is CC(C)(C)CC(=O)Cl.CC[C@@H]1C[C@]1(NC(=O)[C@@H]1CC(Oc2nccc3cc(OC)ccc23)CN1C(=O)[C@@H](NC(=O)CC(C)(C)C)C(C)(C)C)C(=O)NS(=O)(=O)OC1(C)CC1. The number of aromatic nitrogens is 1. The molecule has 3 fully saturated rings. The van der Waals surface area contributed by atoms with E-state index in [2.05, 4.69) is 15.6 Å². The molecule has 2 heterocycles. The highest BCUT2D eigenvalue weighted by Gasteiger charge is 2.62. The number of benzene rings is 1. The molecule has 5 rings (SSSR count). The maximum Gasteiger partial charge on any atom is 0.362 e. The van der Waals surface area contributed by atoms with Gasteiger partial charge in [-0.2, -0.15) is 8.42 Å². The summed E-state index contributed by atoms with van der Waals surface area (Å²) in [7, 11) is -2.86. The Bertz CT molecular complexity index is 2050. The molecule has 15 nitrogen and oxygen atoms in total. The van der Waals surface area contributed by atoms with E-state index in [1.54, 1.807) is 26.3 Å². The van der Waals surface area contributed by atoms with Crippen molar-refractivity contribution in [3.8, 4) is 11.6 Å². The van der Waals surface area contributed by atoms with Crippen molar-refractivity contribution in [2.75, 3.05) is 13.7 Å². The lowest BCUT2D eigenvalue weighted by atomic mass is 9.84. The Morgan fingerprint density at radius 2 is 1.62 bits per heavy atom. The number of methoxy groups -OCH3 is 1. The van der Waals surface area contributed by atoms with Crippen LogP contribution in [-0.2, 0) is 38.5 Å². The van der Waals surface area contributed by atoms with Gasteiger partial charge < -0.3 is 25.0 Å². The van der Waals surface area contributed by atoms with Gasteiger partial charge in [-0.05, 0) is 89.6 Å². The molecule has 60 heavy (non-hydrogen) atoms. The van der Waals surface area contributed by atoms with E-state index in [0.29, 0.717) is 42.7 Å². The van der Waals surface area contributed by atoms with Crippen molar-refractivity contribution >= 4 is 61.5 Å². The highest BCUT2D eigenvalue weighted by atomic mass is 35.5. The molecule has 4 amide bonds. The second kappa shape index (κ2) is 18.1. The smallest absolute Gasteiger partial charge is 0.362 e. The zero-order valence-electron chi connectivity index (χ0n) is 37.1. The summed E-state index contributed by atoms with van der Waals surface area (Å²) in [6.07, 6.45) is 3.39. The van der Waals surface area contributed by atoms with Crippen LogP contribution in [0.25, 0.3) is 10.8 Å². The van der Waals surface area contributed by atoms with Gasteiger partial charge in [-0.25, -0.2) is 13.9 Å². The fraction of sp³-hybridized carbons (Fsp3) is 0.674. The number of amides is 4. The Morgan fingerprint density at radius 3 is 2.12 bits per heavy atom. The van der Waals surface area contributed by atoms with Gasteiger partial charge in [-0.3, -0.25) is 24.0 Å². The lowest BCUT2D eigenvalue weighted by Crippen LogP contribution is -2.60. The van der Waals surface area contributed by atoms with E-state index in [9.17, 15) is 32.4 Å². The number of nitrogens with one attached hydrogen (secondary N) is 3. The molecule has 2 aliphatic carbocycles. The molecule has 3 aliphatic rings. The van der Waals surface area contributed by atoms with E-state index < -0.39 is 62.8 Å². The third-order valence-corrected chi connectivity index (χ3v) is 11.9. The van der Waals surface area contributed by atoms with Crippen molar-refractivity contribution in [3.05, 3.63) is 30.5 Å². The van der Waals surface area contributed by atoms with Crippen molar-refractivity contribution in [1.29, 1.82) is 0 Å². The third kappa shape index (κ3) is 13.2. The minimum atomic E-state index is -4.44. The quantitative estimate of drug-likeness (QED) is 0.189. The molecule has 3 N–H and O–H groups in total. The van der Waals surface area contributed by atoms with E-state index in [1.807, 2.05) is 92.2 Å². The van der Waals surface area contributed by atoms with Crippen LogP contribution in [0.5, 0.6) is 11.6 Å². The van der Waals surface area contributed by atoms with Crippen molar-refractivity contribution in [2.24, 2.45) is 22.2 Å². The molecule has 5 atom stereocenters. The van der Waals surface area contributed by atoms with Gasteiger partial charge in [0.2, 0.25) is 28.8 Å². The van der Waals surface area contributed by atoms with Gasteiger partial charge in [-0.15, -0.1) is 0 Å². The number of hydrogen-bond acceptors (Lipinski definition) is 11. The molecule has 0 bridgehead atoms. The van der Waals surface area contributed by atoms with Crippen LogP contribution in [-0.4, -0.2) is 90.2 Å². The van der Waals surface area contributed by atoms with Crippen LogP contribution in [0.2, 0.25) is 0 Å². The first-order valence-electron chi connectivity index (χ1n) is 20.5. The third-order valence-electron chi connectivity index (χ3n) is 10.7. The molecule has 1 aromatic carbocycles. The van der Waals surface area contributed by atoms with Crippen LogP contribution in [0.4, 0.5) is 0 Å². The van der Waals surface area contributed by atoms with Gasteiger partial charge in [-0.1, -0.05) is 75.7 Å². The highest BCUT2D eigenvalue weighted by molar-refractivity contribution is 7.85. The average Bonchev–Trinajstić information content (AvgIpc) is 3.96. The summed E-state index contributed by atoms with van der Waals surface area (Å²) in [4.78, 5) is 71.6. The number of carbonyl (C=O) groups excluding carboxylic acids is 5. The van der Waals surface area contributed by atoms with Crippen LogP contribution >= 0.6 is 11.6 Å². The Morgan fingerprint density at radius 1 is 0.983 bits per heavy atom. The number of hydrogen-bond donors (Lipinski definition) is 3. The van der Waals surface area contributed by atoms with E-state index in [4.69, 9.17) is 25.3 Å².